The van der Waals surface area contributed by atoms with Gasteiger partial charge in [0.05, 0.1) is 0 Å². The van der Waals surface area contributed by atoms with Crippen LogP contribution in [-0.4, -0.2) is 29.2 Å². The van der Waals surface area contributed by atoms with E-state index in [1.165, 1.54) is 6.08 Å². The van der Waals surface area contributed by atoms with Crippen molar-refractivity contribution in [3.05, 3.63) is 66.0 Å². The van der Waals surface area contributed by atoms with Gasteiger partial charge >= 0.3 is 0 Å². The number of carbonyl (C=O) groups is 1. The van der Waals surface area contributed by atoms with Crippen molar-refractivity contribution in [2.24, 2.45) is 0 Å². The van der Waals surface area contributed by atoms with Crippen LogP contribution >= 0.6 is 0 Å². The Kier molecular flexibility index (Phi) is 5.98. The van der Waals surface area contributed by atoms with Crippen molar-refractivity contribution in [2.75, 3.05) is 29.3 Å². The Morgan fingerprint density at radius 3 is 2.55 bits per heavy atom. The summed E-state index contributed by atoms with van der Waals surface area (Å²) >= 11 is 0. The fourth-order valence-corrected chi connectivity index (χ4v) is 3.06. The van der Waals surface area contributed by atoms with Crippen LogP contribution in [0.2, 0.25) is 0 Å². The molecule has 8 heteroatoms. The van der Waals surface area contributed by atoms with Crippen LogP contribution in [0.1, 0.15) is 18.3 Å². The van der Waals surface area contributed by atoms with E-state index in [0.717, 1.165) is 23.6 Å². The molecule has 4 rings (SSSR count). The number of carbonyl (C=O) groups excluding carboxylic acids is 1. The maximum absolute atomic E-state index is 12.2. The molecule has 0 fully saturated rings. The van der Waals surface area contributed by atoms with E-state index >= 15 is 0 Å². The highest BCUT2D eigenvalue weighted by Gasteiger charge is 2.12. The summed E-state index contributed by atoms with van der Waals surface area (Å²) in [6, 6.07) is 14.8. The van der Waals surface area contributed by atoms with Gasteiger partial charge in [-0.3, -0.25) is 4.79 Å². The molecule has 0 unspecified atom stereocenters. The second-order valence-electron chi connectivity index (χ2n) is 6.85. The molecule has 0 saturated carbocycles. The molecule has 1 amide bonds. The van der Waals surface area contributed by atoms with Crippen LogP contribution in [0.3, 0.4) is 0 Å². The molecule has 158 valence electrons. The molecule has 31 heavy (non-hydrogen) atoms. The van der Waals surface area contributed by atoms with Crippen LogP contribution in [0.15, 0.2) is 54.6 Å². The van der Waals surface area contributed by atoms with Crippen molar-refractivity contribution < 1.29 is 14.3 Å². The maximum Gasteiger partial charge on any atom is 0.248 e. The van der Waals surface area contributed by atoms with Crippen molar-refractivity contribution in [1.82, 2.24) is 9.97 Å². The monoisotopic (exact) mass is 417 g/mol. The Morgan fingerprint density at radius 1 is 1.00 bits per heavy atom. The summed E-state index contributed by atoms with van der Waals surface area (Å²) in [6.45, 7) is 4.87. The van der Waals surface area contributed by atoms with Gasteiger partial charge in [-0.2, -0.15) is 0 Å². The van der Waals surface area contributed by atoms with Gasteiger partial charge in [0.25, 0.3) is 0 Å². The summed E-state index contributed by atoms with van der Waals surface area (Å²) in [5.74, 6) is 3.33. The molecule has 3 aromatic rings. The van der Waals surface area contributed by atoms with Crippen LogP contribution in [-0.2, 0) is 4.79 Å². The summed E-state index contributed by atoms with van der Waals surface area (Å²) in [7, 11) is 0. The van der Waals surface area contributed by atoms with Gasteiger partial charge in [-0.05, 0) is 61.9 Å². The number of amides is 1. The Balaban J connectivity index is 1.35. The number of hydrogen-bond donors (Lipinski definition) is 3. The third-order valence-electron chi connectivity index (χ3n) is 4.44. The van der Waals surface area contributed by atoms with E-state index in [4.69, 9.17) is 9.47 Å². The van der Waals surface area contributed by atoms with E-state index in [0.29, 0.717) is 28.8 Å². The molecule has 2 heterocycles. The smallest absolute Gasteiger partial charge is 0.248 e. The zero-order valence-corrected chi connectivity index (χ0v) is 17.3. The summed E-state index contributed by atoms with van der Waals surface area (Å²) in [5, 5.41) is 9.28. The van der Waals surface area contributed by atoms with Crippen LogP contribution in [0, 0.1) is 6.92 Å². The van der Waals surface area contributed by atoms with Crippen LogP contribution < -0.4 is 25.4 Å². The van der Waals surface area contributed by atoms with Crippen molar-refractivity contribution >= 4 is 35.0 Å². The highest BCUT2D eigenvalue weighted by molar-refractivity contribution is 6.02. The van der Waals surface area contributed by atoms with Gasteiger partial charge in [-0.15, -0.1) is 0 Å². The number of nitrogens with zero attached hydrogens (tertiary/aromatic N) is 2. The molecule has 1 aliphatic rings. The van der Waals surface area contributed by atoms with Crippen molar-refractivity contribution in [3.8, 4) is 11.5 Å². The van der Waals surface area contributed by atoms with Gasteiger partial charge in [0, 0.05) is 30.1 Å². The lowest BCUT2D eigenvalue weighted by atomic mass is 10.2. The van der Waals surface area contributed by atoms with E-state index in [2.05, 4.69) is 25.9 Å². The molecule has 0 atom stereocenters. The summed E-state index contributed by atoms with van der Waals surface area (Å²) in [5.41, 5.74) is 2.41. The predicted molar refractivity (Wildman–Crippen MR) is 121 cm³/mol. The number of ether oxygens (including phenoxy) is 2. The number of aromatic nitrogens is 2. The molecule has 0 bridgehead atoms. The zero-order chi connectivity index (χ0) is 21.6. The molecule has 1 aromatic heterocycles. The summed E-state index contributed by atoms with van der Waals surface area (Å²) < 4.78 is 10.6. The second-order valence-corrected chi connectivity index (χ2v) is 6.85. The molecule has 8 nitrogen and oxygen atoms in total. The van der Waals surface area contributed by atoms with Crippen LogP contribution in [0.5, 0.6) is 11.5 Å². The molecular weight excluding hydrogens is 394 g/mol. The Hall–Kier alpha value is -4.07. The average molecular weight is 417 g/mol. The topological polar surface area (TPSA) is 97.4 Å². The highest BCUT2D eigenvalue weighted by atomic mass is 16.7. The fourth-order valence-electron chi connectivity index (χ4n) is 3.06. The number of fused-ring (bicyclic) bond motifs is 1. The molecule has 2 aromatic carbocycles. The van der Waals surface area contributed by atoms with Gasteiger partial charge in [0.2, 0.25) is 12.7 Å². The third kappa shape index (κ3) is 5.30. The first kappa shape index (κ1) is 20.2. The van der Waals surface area contributed by atoms with E-state index in [1.54, 1.807) is 6.08 Å². The molecule has 0 saturated heterocycles. The number of anilines is 4. The minimum Gasteiger partial charge on any atom is -0.454 e. The lowest BCUT2D eigenvalue weighted by Gasteiger charge is -2.10. The molecule has 0 spiro atoms. The van der Waals surface area contributed by atoms with Gasteiger partial charge in [-0.25, -0.2) is 9.97 Å². The number of nitrogens with one attached hydrogen (secondary N) is 3. The van der Waals surface area contributed by atoms with Crippen LogP contribution in [0.4, 0.5) is 23.0 Å². The van der Waals surface area contributed by atoms with Gasteiger partial charge in [-0.1, -0.05) is 6.07 Å². The Morgan fingerprint density at radius 2 is 1.74 bits per heavy atom. The van der Waals surface area contributed by atoms with E-state index < -0.39 is 0 Å². The van der Waals surface area contributed by atoms with Crippen molar-refractivity contribution in [2.45, 2.75) is 13.8 Å². The van der Waals surface area contributed by atoms with Gasteiger partial charge < -0.3 is 25.4 Å². The number of hydrogen-bond acceptors (Lipinski definition) is 7. The Labute approximate surface area is 180 Å². The maximum atomic E-state index is 12.2. The Bertz CT molecular complexity index is 1110. The average Bonchev–Trinajstić information content (AvgIpc) is 3.21. The van der Waals surface area contributed by atoms with Gasteiger partial charge in [0.15, 0.2) is 11.5 Å². The van der Waals surface area contributed by atoms with E-state index in [-0.39, 0.29) is 12.7 Å². The quantitative estimate of drug-likeness (QED) is 0.492. The first-order chi connectivity index (χ1) is 15.1. The largest absolute Gasteiger partial charge is 0.454 e. The SMILES string of the molecule is CCNc1cc(Nc2ccc(NC(=O)/C=C/c3ccc4c(c3)OCO4)cc2)nc(C)n1. The van der Waals surface area contributed by atoms with Crippen LogP contribution in [0.25, 0.3) is 6.08 Å². The molecule has 0 aliphatic carbocycles. The number of aryl methyl sites for hydroxylation is 1. The summed E-state index contributed by atoms with van der Waals surface area (Å²) in [6.07, 6.45) is 3.21. The molecule has 3 N–H and O–H groups in total. The zero-order valence-electron chi connectivity index (χ0n) is 17.3. The molecular formula is C23H23N5O3. The van der Waals surface area contributed by atoms with Crippen molar-refractivity contribution in [1.29, 1.82) is 0 Å². The second kappa shape index (κ2) is 9.17. The number of benzene rings is 2. The molecule has 0 radical (unpaired) electrons. The lowest BCUT2D eigenvalue weighted by molar-refractivity contribution is -0.111. The first-order valence-corrected chi connectivity index (χ1v) is 9.94. The number of rotatable bonds is 7. The minimum atomic E-state index is -0.222. The lowest BCUT2D eigenvalue weighted by Crippen LogP contribution is -2.07. The highest BCUT2D eigenvalue weighted by Crippen LogP contribution is 2.32. The summed E-state index contributed by atoms with van der Waals surface area (Å²) in [4.78, 5) is 21.0. The first-order valence-electron chi connectivity index (χ1n) is 9.94. The third-order valence-corrected chi connectivity index (χ3v) is 4.44. The van der Waals surface area contributed by atoms with E-state index in [9.17, 15) is 4.79 Å². The van der Waals surface area contributed by atoms with Crippen molar-refractivity contribution in [3.63, 3.8) is 0 Å². The predicted octanol–water partition coefficient (Wildman–Crippen LogP) is 4.34. The normalized spacial score (nSPS) is 12.1. The standard InChI is InChI=1S/C23H23N5O3/c1-3-24-21-13-22(26-15(2)25-21)27-17-6-8-18(9-7-17)28-23(29)11-5-16-4-10-19-20(12-16)31-14-30-19/h4-13H,3,14H2,1-2H3,(H,28,29)(H2,24,25,26,27)/b11-5+. The van der Waals surface area contributed by atoms with Gasteiger partial charge in [0.1, 0.15) is 17.5 Å². The fraction of sp³-hybridized carbons (Fsp3) is 0.174. The van der Waals surface area contributed by atoms with E-state index in [1.807, 2.05) is 62.4 Å². The molecule has 1 aliphatic heterocycles. The minimum absolute atomic E-state index is 0.222.